The van der Waals surface area contributed by atoms with Crippen molar-refractivity contribution in [1.82, 2.24) is 0 Å². The van der Waals surface area contributed by atoms with E-state index < -0.39 is 0 Å². The van der Waals surface area contributed by atoms with Gasteiger partial charge in [0.05, 0.1) is 0 Å². The molecular weight excluding hydrogens is 159 g/mol. The Labute approximate surface area is 41.7 Å². The third-order valence-corrected chi connectivity index (χ3v) is 0.488. The molecule has 0 rings (SSSR count). The molecule has 16 valence electrons. The number of halogens is 1. The fraction of sp³-hybridized carbons (Fsp3) is 0. The zero-order chi connectivity index (χ0) is 3.41. The van der Waals surface area contributed by atoms with Crippen LogP contribution in [0.15, 0.2) is 0 Å². The molecule has 0 aliphatic heterocycles. The molecule has 0 aliphatic carbocycles. The van der Waals surface area contributed by atoms with Crippen LogP contribution < -0.4 is 0 Å². The van der Waals surface area contributed by atoms with Crippen molar-refractivity contribution in [3.63, 3.8) is 0 Å². The summed E-state index contributed by atoms with van der Waals surface area (Å²) in [7, 11) is 4.84. The molecule has 0 spiro atoms. The van der Waals surface area contributed by atoms with Crippen LogP contribution >= 0.6 is 22.4 Å². The van der Waals surface area contributed by atoms with E-state index in [1.165, 1.54) is 6.69 Å². The fourth-order valence-corrected chi connectivity index (χ4v) is 0. The van der Waals surface area contributed by atoms with E-state index in [-0.39, 0.29) is 0 Å². The molecule has 0 unspecified atom stereocenters. The number of rotatable bonds is 0. The second kappa shape index (κ2) is 3.92. The van der Waals surface area contributed by atoms with E-state index in [0.29, 0.717) is 0 Å². The minimum absolute atomic E-state index is 1.49. The van der Waals surface area contributed by atoms with Crippen LogP contribution in [-0.2, 0) is 0 Å². The maximum atomic E-state index is 4.84. The van der Waals surface area contributed by atoms with Gasteiger partial charge in [-0.1, -0.05) is 0 Å². The second-order valence-corrected chi connectivity index (χ2v) is 1.04. The summed E-state index contributed by atoms with van der Waals surface area (Å²) >= 11 is 2.05. The molecule has 0 N–H and O–H groups in total. The van der Waals surface area contributed by atoms with Gasteiger partial charge < -0.3 is 0 Å². The molecule has 0 nitrogen and oxygen atoms in total. The zero-order valence-electron chi connectivity index (χ0n) is 2.11. The van der Waals surface area contributed by atoms with Crippen LogP contribution in [0.4, 0.5) is 0 Å². The molecule has 0 fully saturated rings. The third kappa shape index (κ3) is 2.92. The number of hydrogen-bond acceptors (Lipinski definition) is 0. The first-order valence-corrected chi connectivity index (χ1v) is 2.13. The predicted molar refractivity (Wildman–Crippen MR) is 31.3 cm³/mol. The van der Waals surface area contributed by atoms with Gasteiger partial charge in [-0.15, -0.1) is 0 Å². The van der Waals surface area contributed by atoms with E-state index >= 15 is 0 Å². The summed E-state index contributed by atoms with van der Waals surface area (Å²) in [5, 5.41) is 0. The van der Waals surface area contributed by atoms with Gasteiger partial charge in [0.2, 0.25) is 0 Å². The van der Waals surface area contributed by atoms with Gasteiger partial charge in [-0.05, 0) is 0 Å². The van der Waals surface area contributed by atoms with Crippen molar-refractivity contribution in [3.05, 3.63) is 0 Å². The number of hydrogen-bond donors (Lipinski definition) is 0. The van der Waals surface area contributed by atoms with Gasteiger partial charge in [0.25, 0.3) is 0 Å². The maximum absolute atomic E-state index is 4.84. The first-order valence-electron chi connectivity index (χ1n) is 0.885. The van der Waals surface area contributed by atoms with E-state index in [1.807, 2.05) is 22.4 Å². The van der Waals surface area contributed by atoms with Crippen LogP contribution in [0.1, 0.15) is 0 Å². The Hall–Kier alpha value is 0.925. The van der Waals surface area contributed by atoms with Crippen molar-refractivity contribution in [3.8, 4) is 0 Å². The van der Waals surface area contributed by atoms with E-state index in [4.69, 9.17) is 7.74 Å². The summed E-state index contributed by atoms with van der Waals surface area (Å²) in [6.45, 7) is 1.49. The first kappa shape index (κ1) is 4.92. The van der Waals surface area contributed by atoms with E-state index in [9.17, 15) is 0 Å². The molecule has 4 heteroatoms. The first-order chi connectivity index (χ1) is 1.91. The van der Waals surface area contributed by atoms with Gasteiger partial charge in [-0.3, -0.25) is 0 Å². The summed E-state index contributed by atoms with van der Waals surface area (Å²) in [6, 6.07) is 0. The molecule has 0 aliphatic rings. The van der Waals surface area contributed by atoms with Crippen LogP contribution in [0.2, 0.25) is 0 Å². The van der Waals surface area contributed by atoms with Crippen molar-refractivity contribution in [2.45, 2.75) is 0 Å². The molecule has 0 heterocycles. The molecule has 0 aromatic carbocycles. The monoisotopic (exact) mass is 160 g/mol. The van der Waals surface area contributed by atoms with Crippen LogP contribution in [0.5, 0.6) is 0 Å². The van der Waals surface area contributed by atoms with Crippen molar-refractivity contribution < 1.29 is 0 Å². The molecule has 0 saturated heterocycles. The quantitative estimate of drug-likeness (QED) is 0.338. The molecule has 0 saturated carbocycles. The van der Waals surface area contributed by atoms with Crippen LogP contribution in [0.3, 0.4) is 0 Å². The Morgan fingerprint density at radius 3 is 2.00 bits per heavy atom. The third-order valence-electron chi connectivity index (χ3n) is 0.0727. The summed E-state index contributed by atoms with van der Waals surface area (Å²) in [5.74, 6) is 0. The summed E-state index contributed by atoms with van der Waals surface area (Å²) in [5.41, 5.74) is 0. The van der Waals surface area contributed by atoms with E-state index in [2.05, 4.69) is 0 Å². The summed E-state index contributed by atoms with van der Waals surface area (Å²) < 4.78 is 1.75. The van der Waals surface area contributed by atoms with Crippen LogP contribution in [0, 0.1) is 0 Å². The van der Waals surface area contributed by atoms with Crippen LogP contribution in [-0.4, -0.2) is 19.1 Å². The van der Waals surface area contributed by atoms with Crippen molar-refractivity contribution in [1.29, 1.82) is 0 Å². The predicted octanol–water partition coefficient (Wildman–Crippen LogP) is -0.257. The average molecular weight is 159 g/mol. The summed E-state index contributed by atoms with van der Waals surface area (Å²) in [4.78, 5) is 0. The van der Waals surface area contributed by atoms with Gasteiger partial charge >= 0.3 is 41.5 Å². The Morgan fingerprint density at radius 2 is 2.00 bits per heavy atom. The molecular formula is B3I. The van der Waals surface area contributed by atoms with Crippen molar-refractivity contribution in [2.24, 2.45) is 0 Å². The Kier molecular flexibility index (Phi) is 4.83. The van der Waals surface area contributed by atoms with E-state index in [0.717, 1.165) is 0 Å². The van der Waals surface area contributed by atoms with Gasteiger partial charge in [0, 0.05) is 0 Å². The molecule has 0 bridgehead atoms. The molecule has 0 aromatic rings. The SMILES string of the molecule is [B]B=BI. The second-order valence-electron chi connectivity index (χ2n) is 0.318. The standard InChI is InChI=1S/B3I/c1-2-3-4. The summed E-state index contributed by atoms with van der Waals surface area (Å²) in [6.07, 6.45) is 0. The Bertz CT molecular complexity index is 18.5. The Balaban J connectivity index is 2.55. The van der Waals surface area contributed by atoms with Gasteiger partial charge in [0.15, 0.2) is 0 Å². The fourth-order valence-electron chi connectivity index (χ4n) is 0. The average Bonchev–Trinajstić information content (AvgIpc) is 1.37. The van der Waals surface area contributed by atoms with Gasteiger partial charge in [0.1, 0.15) is 0 Å². The minimum atomic E-state index is 1.49. The van der Waals surface area contributed by atoms with E-state index in [1.54, 1.807) is 4.66 Å². The van der Waals surface area contributed by atoms with Crippen molar-refractivity contribution >= 4 is 41.5 Å². The molecule has 0 amide bonds. The normalized spacial score (nSPS) is 5.25. The molecule has 4 heavy (non-hydrogen) atoms. The van der Waals surface area contributed by atoms with Gasteiger partial charge in [-0.25, -0.2) is 0 Å². The van der Waals surface area contributed by atoms with Gasteiger partial charge in [-0.2, -0.15) is 0 Å². The molecule has 0 aromatic heterocycles. The molecule has 0 atom stereocenters. The topological polar surface area (TPSA) is 0 Å². The van der Waals surface area contributed by atoms with Crippen LogP contribution in [0.25, 0.3) is 0 Å². The van der Waals surface area contributed by atoms with Crippen molar-refractivity contribution in [2.75, 3.05) is 0 Å². The molecule has 2 radical (unpaired) electrons. The zero-order valence-corrected chi connectivity index (χ0v) is 4.27. The Morgan fingerprint density at radius 1 is 1.75 bits per heavy atom.